The standard InChI is InChI=1S/C19H23N3O2S2/c25-19(20-11-14-5-6-16-17(10-14)24-13-23-16)21-12-15(18-4-3-9-26-18)22-7-1-2-8-22/h3-6,9-10,15H,1-2,7-8,11-13H2,(H2,20,21,25)/p+1/t15-/m0/s1. The molecule has 3 heterocycles. The summed E-state index contributed by atoms with van der Waals surface area (Å²) < 4.78 is 10.8. The third-order valence-corrected chi connectivity index (χ3v) is 6.26. The molecule has 2 aliphatic rings. The highest BCUT2D eigenvalue weighted by molar-refractivity contribution is 7.80. The van der Waals surface area contributed by atoms with Gasteiger partial charge < -0.3 is 25.0 Å². The van der Waals surface area contributed by atoms with Crippen LogP contribution in [0.25, 0.3) is 0 Å². The first kappa shape index (κ1) is 17.6. The molecule has 7 heteroatoms. The predicted molar refractivity (Wildman–Crippen MR) is 107 cm³/mol. The van der Waals surface area contributed by atoms with E-state index in [0.29, 0.717) is 24.5 Å². The van der Waals surface area contributed by atoms with Gasteiger partial charge in [-0.05, 0) is 41.4 Å². The van der Waals surface area contributed by atoms with E-state index in [9.17, 15) is 0 Å². The van der Waals surface area contributed by atoms with Gasteiger partial charge in [-0.2, -0.15) is 0 Å². The number of benzene rings is 1. The van der Waals surface area contributed by atoms with E-state index >= 15 is 0 Å². The number of thiocarbonyl (C=S) groups is 1. The van der Waals surface area contributed by atoms with Crippen LogP contribution in [0.5, 0.6) is 11.5 Å². The molecule has 1 aromatic carbocycles. The van der Waals surface area contributed by atoms with Crippen molar-refractivity contribution in [3.63, 3.8) is 0 Å². The van der Waals surface area contributed by atoms with Gasteiger partial charge in [-0.15, -0.1) is 11.3 Å². The quantitative estimate of drug-likeness (QED) is 0.658. The van der Waals surface area contributed by atoms with E-state index < -0.39 is 0 Å². The van der Waals surface area contributed by atoms with E-state index in [0.717, 1.165) is 23.6 Å². The van der Waals surface area contributed by atoms with Crippen molar-refractivity contribution in [1.29, 1.82) is 0 Å². The summed E-state index contributed by atoms with van der Waals surface area (Å²) in [5.41, 5.74) is 1.12. The van der Waals surface area contributed by atoms with Gasteiger partial charge in [0.1, 0.15) is 6.04 Å². The molecule has 1 atom stereocenters. The van der Waals surface area contributed by atoms with Gasteiger partial charge in [0.15, 0.2) is 16.6 Å². The monoisotopic (exact) mass is 390 g/mol. The summed E-state index contributed by atoms with van der Waals surface area (Å²) in [6, 6.07) is 10.8. The molecular weight excluding hydrogens is 366 g/mol. The molecule has 0 saturated carbocycles. The van der Waals surface area contributed by atoms with Crippen LogP contribution in [-0.4, -0.2) is 31.5 Å². The van der Waals surface area contributed by atoms with Crippen LogP contribution < -0.4 is 25.0 Å². The molecule has 0 radical (unpaired) electrons. The van der Waals surface area contributed by atoms with Crippen LogP contribution in [0.15, 0.2) is 35.7 Å². The van der Waals surface area contributed by atoms with Crippen molar-refractivity contribution >= 4 is 28.7 Å². The van der Waals surface area contributed by atoms with Crippen LogP contribution in [0.3, 0.4) is 0 Å². The first-order valence-corrected chi connectivity index (χ1v) is 10.4. The van der Waals surface area contributed by atoms with Crippen LogP contribution in [0, 0.1) is 0 Å². The van der Waals surface area contributed by atoms with Gasteiger partial charge in [0, 0.05) is 19.4 Å². The first-order chi connectivity index (χ1) is 12.8. The second-order valence-corrected chi connectivity index (χ2v) is 8.07. The fourth-order valence-corrected chi connectivity index (χ4v) is 4.64. The average molecular weight is 391 g/mol. The molecule has 4 rings (SSSR count). The molecule has 0 aliphatic carbocycles. The predicted octanol–water partition coefficient (Wildman–Crippen LogP) is 1.86. The second kappa shape index (κ2) is 8.24. The van der Waals surface area contributed by atoms with Crippen LogP contribution in [0.4, 0.5) is 0 Å². The van der Waals surface area contributed by atoms with E-state index in [1.807, 2.05) is 29.5 Å². The first-order valence-electron chi connectivity index (χ1n) is 9.08. The lowest BCUT2D eigenvalue weighted by molar-refractivity contribution is -0.918. The normalized spacial score (nSPS) is 17.2. The maximum Gasteiger partial charge on any atom is 0.231 e. The van der Waals surface area contributed by atoms with Crippen LogP contribution in [-0.2, 0) is 6.54 Å². The second-order valence-electron chi connectivity index (χ2n) is 6.68. The number of likely N-dealkylation sites (tertiary alicyclic amines) is 1. The Morgan fingerprint density at radius 3 is 2.81 bits per heavy atom. The van der Waals surface area contributed by atoms with Gasteiger partial charge in [-0.25, -0.2) is 0 Å². The number of hydrogen-bond donors (Lipinski definition) is 3. The summed E-state index contributed by atoms with van der Waals surface area (Å²) in [4.78, 5) is 3.10. The van der Waals surface area contributed by atoms with Crippen molar-refractivity contribution in [3.05, 3.63) is 46.2 Å². The number of fused-ring (bicyclic) bond motifs is 1. The fraction of sp³-hybridized carbons (Fsp3) is 0.421. The maximum absolute atomic E-state index is 5.49. The molecule has 1 fully saturated rings. The van der Waals surface area contributed by atoms with Crippen molar-refractivity contribution in [2.75, 3.05) is 26.4 Å². The molecule has 0 bridgehead atoms. The molecular formula is C19H24N3O2S2+. The zero-order valence-corrected chi connectivity index (χ0v) is 16.3. The highest BCUT2D eigenvalue weighted by Crippen LogP contribution is 2.32. The van der Waals surface area contributed by atoms with Gasteiger partial charge in [0.05, 0.1) is 24.5 Å². The van der Waals surface area contributed by atoms with Crippen molar-refractivity contribution in [2.45, 2.75) is 25.4 Å². The minimum Gasteiger partial charge on any atom is -0.454 e. The Morgan fingerprint density at radius 2 is 2.00 bits per heavy atom. The molecule has 0 unspecified atom stereocenters. The van der Waals surface area contributed by atoms with Crippen molar-refractivity contribution in [1.82, 2.24) is 10.6 Å². The van der Waals surface area contributed by atoms with Crippen LogP contribution in [0.1, 0.15) is 29.3 Å². The number of nitrogens with one attached hydrogen (secondary N) is 3. The van der Waals surface area contributed by atoms with E-state index in [-0.39, 0.29) is 0 Å². The van der Waals surface area contributed by atoms with Crippen molar-refractivity contribution in [3.8, 4) is 11.5 Å². The minimum atomic E-state index is 0.301. The lowest BCUT2D eigenvalue weighted by atomic mass is 10.2. The Balaban J connectivity index is 1.29. The zero-order valence-electron chi connectivity index (χ0n) is 14.6. The topological polar surface area (TPSA) is 47.0 Å². The number of quaternary nitrogens is 1. The highest BCUT2D eigenvalue weighted by atomic mass is 32.1. The summed E-state index contributed by atoms with van der Waals surface area (Å²) in [6.07, 6.45) is 2.65. The lowest BCUT2D eigenvalue weighted by Gasteiger charge is -2.24. The number of ether oxygens (including phenoxy) is 2. The molecule has 0 amide bonds. The third kappa shape index (κ3) is 4.11. The Morgan fingerprint density at radius 1 is 1.15 bits per heavy atom. The molecule has 3 N–H and O–H groups in total. The largest absolute Gasteiger partial charge is 0.454 e. The molecule has 5 nitrogen and oxygen atoms in total. The summed E-state index contributed by atoms with van der Waals surface area (Å²) in [7, 11) is 0. The minimum absolute atomic E-state index is 0.301. The van der Waals surface area contributed by atoms with E-state index in [4.69, 9.17) is 21.7 Å². The maximum atomic E-state index is 5.49. The Hall–Kier alpha value is -1.83. The number of hydrogen-bond acceptors (Lipinski definition) is 4. The van der Waals surface area contributed by atoms with Crippen LogP contribution >= 0.6 is 23.6 Å². The zero-order chi connectivity index (χ0) is 17.8. The SMILES string of the molecule is S=C(NCc1ccc2c(c1)OCO2)NC[C@@H](c1cccs1)[NH+]1CCCC1. The average Bonchev–Trinajstić information content (AvgIpc) is 3.41. The van der Waals surface area contributed by atoms with Gasteiger partial charge >= 0.3 is 0 Å². The number of thiophene rings is 1. The Kier molecular flexibility index (Phi) is 5.57. The molecule has 138 valence electrons. The highest BCUT2D eigenvalue weighted by Gasteiger charge is 2.28. The van der Waals surface area contributed by atoms with E-state index in [1.54, 1.807) is 4.90 Å². The molecule has 1 aromatic heterocycles. The molecule has 0 spiro atoms. The van der Waals surface area contributed by atoms with E-state index in [2.05, 4.69) is 28.1 Å². The van der Waals surface area contributed by atoms with Gasteiger partial charge in [-0.1, -0.05) is 12.1 Å². The van der Waals surface area contributed by atoms with Crippen molar-refractivity contribution < 1.29 is 14.4 Å². The van der Waals surface area contributed by atoms with E-state index in [1.165, 1.54) is 30.8 Å². The summed E-state index contributed by atoms with van der Waals surface area (Å²) in [5, 5.41) is 9.58. The molecule has 26 heavy (non-hydrogen) atoms. The van der Waals surface area contributed by atoms with Gasteiger partial charge in [0.25, 0.3) is 0 Å². The molecule has 2 aliphatic heterocycles. The molecule has 1 saturated heterocycles. The lowest BCUT2D eigenvalue weighted by Crippen LogP contribution is -3.11. The molecule has 2 aromatic rings. The van der Waals surface area contributed by atoms with Gasteiger partial charge in [-0.3, -0.25) is 0 Å². The Labute approximate surface area is 163 Å². The third-order valence-electron chi connectivity index (χ3n) is 4.98. The van der Waals surface area contributed by atoms with Crippen LogP contribution in [0.2, 0.25) is 0 Å². The fourth-order valence-electron chi connectivity index (χ4n) is 3.60. The Bertz CT molecular complexity index is 745. The summed E-state index contributed by atoms with van der Waals surface area (Å²) >= 11 is 7.33. The summed E-state index contributed by atoms with van der Waals surface area (Å²) in [6.45, 7) is 4.34. The number of rotatable bonds is 6. The summed E-state index contributed by atoms with van der Waals surface area (Å²) in [5.74, 6) is 1.61. The van der Waals surface area contributed by atoms with Gasteiger partial charge in [0.2, 0.25) is 6.79 Å². The smallest absolute Gasteiger partial charge is 0.231 e. The van der Waals surface area contributed by atoms with Crippen molar-refractivity contribution in [2.24, 2.45) is 0 Å².